The van der Waals surface area contributed by atoms with Gasteiger partial charge in [-0.25, -0.2) is 0 Å². The second-order valence-electron chi connectivity index (χ2n) is 17.5. The Balaban J connectivity index is 0.000000384. The number of hydrogen-bond acceptors (Lipinski definition) is 6. The van der Waals surface area contributed by atoms with Gasteiger partial charge in [-0.15, -0.1) is 0 Å². The molecule has 0 bridgehead atoms. The fourth-order valence-electron chi connectivity index (χ4n) is 7.35. The summed E-state index contributed by atoms with van der Waals surface area (Å²) in [5, 5.41) is 21.2. The van der Waals surface area contributed by atoms with Crippen LogP contribution in [0.5, 0.6) is 0 Å². The maximum Gasteiger partial charge on any atom is 0.233 e. The van der Waals surface area contributed by atoms with Gasteiger partial charge in [0.25, 0.3) is 0 Å². The van der Waals surface area contributed by atoms with Gasteiger partial charge in [-0.1, -0.05) is 154 Å². The Morgan fingerprint density at radius 1 is 0.484 bits per heavy atom. The highest BCUT2D eigenvalue weighted by Gasteiger charge is 2.34. The first-order valence-corrected chi connectivity index (χ1v) is 23.8. The van der Waals surface area contributed by atoms with E-state index in [0.717, 1.165) is 93.8 Å². The highest BCUT2D eigenvalue weighted by atomic mass is 16.3. The fraction of sp³-hybridized carbons (Fsp3) is 0.448. The second-order valence-corrected chi connectivity index (χ2v) is 17.5. The van der Waals surface area contributed by atoms with Crippen molar-refractivity contribution in [1.82, 2.24) is 0 Å². The lowest BCUT2D eigenvalue weighted by Gasteiger charge is -2.21. The normalized spacial score (nSPS) is 14.5. The summed E-state index contributed by atoms with van der Waals surface area (Å²) in [6.45, 7) is 18.7. The third-order valence-electron chi connectivity index (χ3n) is 11.4. The number of aliphatic hydroxyl groups is 2. The molecule has 2 N–H and O–H groups in total. The predicted octanol–water partition coefficient (Wildman–Crippen LogP) is 15.3. The summed E-state index contributed by atoms with van der Waals surface area (Å²) in [7, 11) is 0. The zero-order chi connectivity index (χ0) is 47.4. The van der Waals surface area contributed by atoms with Crippen LogP contribution in [0.2, 0.25) is 0 Å². The molecule has 2 aliphatic rings. The Labute approximate surface area is 386 Å². The largest absolute Gasteiger partial charge is 0.507 e. The molecule has 0 amide bonds. The van der Waals surface area contributed by atoms with Crippen molar-refractivity contribution >= 4 is 23.1 Å². The quantitative estimate of drug-likeness (QED) is 0.0401. The number of rotatable bonds is 22. The van der Waals surface area contributed by atoms with E-state index in [1.165, 1.54) is 22.8 Å². The Morgan fingerprint density at radius 3 is 1.45 bits per heavy atom. The molecular formula is C58H78O6. The van der Waals surface area contributed by atoms with E-state index in [9.17, 15) is 29.4 Å². The Hall–Kier alpha value is -5.36. The summed E-state index contributed by atoms with van der Waals surface area (Å²) in [5.74, 6) is -1.89. The molecule has 0 aliphatic heterocycles. The molecule has 6 nitrogen and oxygen atoms in total. The minimum atomic E-state index is -0.536. The van der Waals surface area contributed by atoms with Crippen LogP contribution >= 0.6 is 0 Å². The fourth-order valence-corrected chi connectivity index (χ4v) is 7.35. The maximum atomic E-state index is 13.0. The summed E-state index contributed by atoms with van der Waals surface area (Å²) in [6, 6.07) is 20.5. The lowest BCUT2D eigenvalue weighted by Crippen LogP contribution is -2.26. The third kappa shape index (κ3) is 20.0. The van der Waals surface area contributed by atoms with Gasteiger partial charge in [0, 0.05) is 27.9 Å². The van der Waals surface area contributed by atoms with Gasteiger partial charge < -0.3 is 10.2 Å². The van der Waals surface area contributed by atoms with Crippen LogP contribution < -0.4 is 0 Å². The molecule has 2 aliphatic carbocycles. The van der Waals surface area contributed by atoms with Crippen molar-refractivity contribution in [2.24, 2.45) is 0 Å². The molecule has 4 rings (SSSR count). The van der Waals surface area contributed by atoms with Crippen LogP contribution in [0.15, 0.2) is 153 Å². The minimum absolute atomic E-state index is 0.0328. The second kappa shape index (κ2) is 30.7. The smallest absolute Gasteiger partial charge is 0.233 e. The zero-order valence-corrected chi connectivity index (χ0v) is 40.7. The van der Waals surface area contributed by atoms with Crippen molar-refractivity contribution in [3.8, 4) is 0 Å². The number of aryl methyl sites for hydroxylation is 2. The van der Waals surface area contributed by atoms with Crippen LogP contribution in [-0.4, -0.2) is 33.3 Å². The van der Waals surface area contributed by atoms with Crippen LogP contribution in [0.4, 0.5) is 0 Å². The lowest BCUT2D eigenvalue weighted by atomic mass is 9.82. The summed E-state index contributed by atoms with van der Waals surface area (Å²) in [5.41, 5.74) is 9.56. The van der Waals surface area contributed by atoms with E-state index in [1.807, 2.05) is 62.4 Å². The van der Waals surface area contributed by atoms with E-state index < -0.39 is 11.6 Å². The van der Waals surface area contributed by atoms with E-state index in [2.05, 4.69) is 84.9 Å². The first-order valence-electron chi connectivity index (χ1n) is 23.8. The van der Waals surface area contributed by atoms with E-state index in [1.54, 1.807) is 0 Å². The highest BCUT2D eigenvalue weighted by molar-refractivity contribution is 6.50. The molecule has 346 valence electrons. The first-order chi connectivity index (χ1) is 30.6. The number of Topliss-reactive ketones (excluding diaryl/α,β-unsaturated/α-hetero) is 3. The molecule has 0 fully saturated rings. The molecule has 0 aromatic heterocycles. The standard InChI is InChI=1S/C29H38O3.C21H30O3.C8H10/c1-5-6-8-16-24-25(20-18-23-14-9-7-10-15-23)27(30)26(29(32)28(24)31)19-17-22(4)13-11-12-21(2)3;1-5-6-7-11-17-14-19(22)18(21(24)20(17)23)13-12-16(4)10-8-9-15(2)3;1-2-8-6-4-3-5-7-8/h7,9-10,12,14-15,17,30H,5-6,8,11,13,16,18-20H2,1-4H3;9,12,14,24H,5-8,10-11,13H2,1-4H3;3-7H,2H2,1H3/b22-17+;16-12+;. The van der Waals surface area contributed by atoms with Gasteiger partial charge in [-0.3, -0.25) is 19.2 Å². The number of allylic oxidation sites excluding steroid dienone is 14. The molecular weight excluding hydrogens is 793 g/mol. The van der Waals surface area contributed by atoms with Gasteiger partial charge in [0.2, 0.25) is 17.3 Å². The van der Waals surface area contributed by atoms with Crippen molar-refractivity contribution < 1.29 is 29.4 Å². The van der Waals surface area contributed by atoms with Crippen LogP contribution in [-0.2, 0) is 32.0 Å². The van der Waals surface area contributed by atoms with Gasteiger partial charge >= 0.3 is 0 Å². The number of aliphatic hydroxyl groups excluding tert-OH is 2. The van der Waals surface area contributed by atoms with Gasteiger partial charge in [-0.05, 0) is 142 Å². The van der Waals surface area contributed by atoms with Crippen LogP contribution in [0.3, 0.4) is 0 Å². The van der Waals surface area contributed by atoms with E-state index in [4.69, 9.17) is 0 Å². The number of hydrogen-bond donors (Lipinski definition) is 2. The van der Waals surface area contributed by atoms with Crippen LogP contribution in [0.25, 0.3) is 0 Å². The van der Waals surface area contributed by atoms with Gasteiger partial charge in [0.15, 0.2) is 11.5 Å². The number of carbonyl (C=O) groups excluding carboxylic acids is 4. The summed E-state index contributed by atoms with van der Waals surface area (Å²) < 4.78 is 0. The topological polar surface area (TPSA) is 109 Å². The van der Waals surface area contributed by atoms with Crippen molar-refractivity contribution in [3.05, 3.63) is 164 Å². The zero-order valence-electron chi connectivity index (χ0n) is 40.7. The average molecular weight is 871 g/mol. The number of unbranched alkanes of at least 4 members (excludes halogenated alkanes) is 4. The monoisotopic (exact) mass is 871 g/mol. The van der Waals surface area contributed by atoms with Crippen molar-refractivity contribution in [2.45, 2.75) is 171 Å². The number of ketones is 4. The van der Waals surface area contributed by atoms with E-state index in [-0.39, 0.29) is 34.2 Å². The minimum Gasteiger partial charge on any atom is -0.507 e. The predicted molar refractivity (Wildman–Crippen MR) is 267 cm³/mol. The summed E-state index contributed by atoms with van der Waals surface area (Å²) in [6.07, 6.45) is 23.4. The Bertz CT molecular complexity index is 2090. The van der Waals surface area contributed by atoms with Crippen LogP contribution in [0, 0.1) is 0 Å². The number of carbonyl (C=O) groups is 4. The molecule has 0 saturated carbocycles. The average Bonchev–Trinajstić information content (AvgIpc) is 3.27. The van der Waals surface area contributed by atoms with Gasteiger partial charge in [-0.2, -0.15) is 0 Å². The van der Waals surface area contributed by atoms with Crippen molar-refractivity contribution in [2.75, 3.05) is 0 Å². The molecule has 2 aromatic rings. The molecule has 0 unspecified atom stereocenters. The van der Waals surface area contributed by atoms with E-state index in [0.29, 0.717) is 48.8 Å². The molecule has 0 saturated heterocycles. The van der Waals surface area contributed by atoms with Crippen molar-refractivity contribution in [1.29, 1.82) is 0 Å². The molecule has 64 heavy (non-hydrogen) atoms. The lowest BCUT2D eigenvalue weighted by molar-refractivity contribution is -0.132. The number of benzene rings is 2. The molecule has 0 radical (unpaired) electrons. The Morgan fingerprint density at radius 2 is 0.969 bits per heavy atom. The summed E-state index contributed by atoms with van der Waals surface area (Å²) >= 11 is 0. The highest BCUT2D eigenvalue weighted by Crippen LogP contribution is 2.33. The Kier molecular flexibility index (Phi) is 26.3. The van der Waals surface area contributed by atoms with Gasteiger partial charge in [0.05, 0.1) is 0 Å². The molecule has 0 spiro atoms. The molecule has 0 atom stereocenters. The SMILES string of the molecule is CCCCCC1=C(CCc2ccccc2)C(O)=C(C/C=C(\C)CCC=C(C)C)C(=O)C1=O.CCCCCC1=CC(=O)C(C/C=C(\C)CCC=C(C)C)=C(O)C1=O.CCc1ccccc1. The molecule has 2 aromatic carbocycles. The third-order valence-corrected chi connectivity index (χ3v) is 11.4. The molecule has 6 heteroatoms. The maximum absolute atomic E-state index is 13.0. The molecule has 0 heterocycles. The van der Waals surface area contributed by atoms with E-state index >= 15 is 0 Å². The first kappa shape index (κ1) is 54.8. The van der Waals surface area contributed by atoms with Crippen molar-refractivity contribution in [3.63, 3.8) is 0 Å². The van der Waals surface area contributed by atoms with Gasteiger partial charge in [0.1, 0.15) is 5.76 Å². The van der Waals surface area contributed by atoms with Crippen LogP contribution in [0.1, 0.15) is 170 Å². The summed E-state index contributed by atoms with van der Waals surface area (Å²) in [4.78, 5) is 50.3.